The summed E-state index contributed by atoms with van der Waals surface area (Å²) in [6, 6.07) is 15.4. The van der Waals surface area contributed by atoms with Crippen LogP contribution >= 0.6 is 15.9 Å². The van der Waals surface area contributed by atoms with Gasteiger partial charge in [-0.2, -0.15) is 0 Å². The second kappa shape index (κ2) is 7.81. The maximum absolute atomic E-state index is 10.4. The van der Waals surface area contributed by atoms with Crippen molar-refractivity contribution in [3.05, 3.63) is 64.1 Å². The van der Waals surface area contributed by atoms with E-state index in [4.69, 9.17) is 14.6 Å². The van der Waals surface area contributed by atoms with E-state index >= 15 is 0 Å². The van der Waals surface area contributed by atoms with Crippen LogP contribution in [0, 0.1) is 0 Å². The predicted octanol–water partition coefficient (Wildman–Crippen LogP) is 3.63. The Morgan fingerprint density at radius 1 is 1.10 bits per heavy atom. The molecule has 0 aromatic heterocycles. The summed E-state index contributed by atoms with van der Waals surface area (Å²) >= 11 is 3.41. The Morgan fingerprint density at radius 3 is 2.57 bits per heavy atom. The molecule has 1 N–H and O–H groups in total. The monoisotopic (exact) mass is 350 g/mol. The van der Waals surface area contributed by atoms with E-state index in [0.29, 0.717) is 6.61 Å². The van der Waals surface area contributed by atoms with Crippen LogP contribution in [0.25, 0.3) is 0 Å². The van der Waals surface area contributed by atoms with E-state index in [1.54, 1.807) is 0 Å². The summed E-state index contributed by atoms with van der Waals surface area (Å²) in [4.78, 5) is 10.4. The Hall–Kier alpha value is -1.85. The molecule has 2 aromatic rings. The molecule has 0 amide bonds. The fourth-order valence-corrected chi connectivity index (χ4v) is 2.10. The highest BCUT2D eigenvalue weighted by atomic mass is 79.9. The van der Waals surface area contributed by atoms with Crippen molar-refractivity contribution in [2.45, 2.75) is 13.2 Å². The Kier molecular flexibility index (Phi) is 5.78. The van der Waals surface area contributed by atoms with Gasteiger partial charge in [-0.1, -0.05) is 46.3 Å². The molecule has 0 heterocycles. The Labute approximate surface area is 131 Å². The highest BCUT2D eigenvalue weighted by Gasteiger charge is 2.05. The second-order valence-corrected chi connectivity index (χ2v) is 5.27. The van der Waals surface area contributed by atoms with Crippen molar-refractivity contribution in [2.24, 2.45) is 0 Å². The van der Waals surface area contributed by atoms with Crippen molar-refractivity contribution >= 4 is 21.9 Å². The van der Waals surface area contributed by atoms with Gasteiger partial charge >= 0.3 is 5.97 Å². The highest BCUT2D eigenvalue weighted by molar-refractivity contribution is 9.10. The van der Waals surface area contributed by atoms with Crippen LogP contribution in [-0.4, -0.2) is 17.7 Å². The molecule has 21 heavy (non-hydrogen) atoms. The van der Waals surface area contributed by atoms with Gasteiger partial charge in [0.15, 0.2) is 0 Å². The van der Waals surface area contributed by atoms with Gasteiger partial charge in [0.05, 0.1) is 6.61 Å². The number of rotatable bonds is 7. The van der Waals surface area contributed by atoms with Gasteiger partial charge in [0.1, 0.15) is 19.0 Å². The summed E-state index contributed by atoms with van der Waals surface area (Å²) in [6.45, 7) is 0.384. The second-order valence-electron chi connectivity index (χ2n) is 4.41. The van der Waals surface area contributed by atoms with E-state index in [0.717, 1.165) is 21.3 Å². The maximum Gasteiger partial charge on any atom is 0.329 e. The van der Waals surface area contributed by atoms with Crippen LogP contribution in [-0.2, 0) is 22.7 Å². The molecule has 0 saturated carbocycles. The lowest BCUT2D eigenvalue weighted by atomic mass is 10.2. The third-order valence-electron chi connectivity index (χ3n) is 2.75. The zero-order chi connectivity index (χ0) is 15.1. The zero-order valence-corrected chi connectivity index (χ0v) is 12.9. The summed E-state index contributed by atoms with van der Waals surface area (Å²) < 4.78 is 11.7. The fourth-order valence-electron chi connectivity index (χ4n) is 1.74. The molecular weight excluding hydrogens is 336 g/mol. The zero-order valence-electron chi connectivity index (χ0n) is 11.3. The van der Waals surface area contributed by atoms with Crippen LogP contribution in [0.2, 0.25) is 0 Å². The molecule has 2 rings (SSSR count). The first kappa shape index (κ1) is 15.5. The quantitative estimate of drug-likeness (QED) is 0.828. The van der Waals surface area contributed by atoms with Crippen molar-refractivity contribution in [2.75, 3.05) is 6.61 Å². The topological polar surface area (TPSA) is 55.8 Å². The number of benzene rings is 2. The Balaban J connectivity index is 1.96. The number of carboxylic acid groups (broad SMARTS) is 1. The summed E-state index contributed by atoms with van der Waals surface area (Å²) in [5.41, 5.74) is 1.94. The van der Waals surface area contributed by atoms with Crippen LogP contribution in [0.5, 0.6) is 5.75 Å². The SMILES string of the molecule is O=C(O)COCc1cc(OCc2ccccc2)ccc1Br. The van der Waals surface area contributed by atoms with Crippen LogP contribution in [0.1, 0.15) is 11.1 Å². The molecular formula is C16H15BrO4. The minimum Gasteiger partial charge on any atom is -0.489 e. The van der Waals surface area contributed by atoms with Crippen molar-refractivity contribution in [3.8, 4) is 5.75 Å². The smallest absolute Gasteiger partial charge is 0.329 e. The van der Waals surface area contributed by atoms with Gasteiger partial charge in [-0.15, -0.1) is 0 Å². The minimum atomic E-state index is -0.984. The van der Waals surface area contributed by atoms with Crippen LogP contribution in [0.15, 0.2) is 53.0 Å². The molecule has 0 aliphatic rings. The lowest BCUT2D eigenvalue weighted by Crippen LogP contribution is -2.07. The van der Waals surface area contributed by atoms with E-state index < -0.39 is 5.97 Å². The van der Waals surface area contributed by atoms with Crippen molar-refractivity contribution in [3.63, 3.8) is 0 Å². The summed E-state index contributed by atoms with van der Waals surface area (Å²) in [5.74, 6) is -0.265. The molecule has 0 spiro atoms. The first-order chi connectivity index (χ1) is 10.1. The third kappa shape index (κ3) is 5.21. The molecule has 0 radical (unpaired) electrons. The number of halogens is 1. The van der Waals surface area contributed by atoms with Crippen molar-refractivity contribution < 1.29 is 19.4 Å². The Bertz CT molecular complexity index is 598. The number of hydrogen-bond donors (Lipinski definition) is 1. The van der Waals surface area contributed by atoms with Crippen LogP contribution in [0.4, 0.5) is 0 Å². The van der Waals surface area contributed by atoms with E-state index in [2.05, 4.69) is 15.9 Å². The van der Waals surface area contributed by atoms with E-state index in [1.807, 2.05) is 48.5 Å². The standard InChI is InChI=1S/C16H15BrO4/c17-15-7-6-14(8-13(15)10-20-11-16(18)19)21-9-12-4-2-1-3-5-12/h1-8H,9-11H2,(H,18,19). The van der Waals surface area contributed by atoms with Crippen molar-refractivity contribution in [1.29, 1.82) is 0 Å². The molecule has 0 aliphatic heterocycles. The van der Waals surface area contributed by atoms with Gasteiger partial charge in [0, 0.05) is 4.47 Å². The highest BCUT2D eigenvalue weighted by Crippen LogP contribution is 2.24. The van der Waals surface area contributed by atoms with Gasteiger partial charge in [-0.3, -0.25) is 0 Å². The molecule has 0 aliphatic carbocycles. The molecule has 5 heteroatoms. The number of carboxylic acids is 1. The van der Waals surface area contributed by atoms with E-state index in [1.165, 1.54) is 0 Å². The van der Waals surface area contributed by atoms with Crippen molar-refractivity contribution in [1.82, 2.24) is 0 Å². The molecule has 4 nitrogen and oxygen atoms in total. The van der Waals surface area contributed by atoms with Gasteiger partial charge in [0.25, 0.3) is 0 Å². The molecule has 0 bridgehead atoms. The summed E-state index contributed by atoms with van der Waals surface area (Å²) in [7, 11) is 0. The number of ether oxygens (including phenoxy) is 2. The summed E-state index contributed by atoms with van der Waals surface area (Å²) in [5, 5.41) is 8.56. The first-order valence-corrected chi connectivity index (χ1v) is 7.19. The lowest BCUT2D eigenvalue weighted by Gasteiger charge is -2.10. The minimum absolute atomic E-state index is 0.218. The van der Waals surface area contributed by atoms with Crippen LogP contribution < -0.4 is 4.74 Å². The first-order valence-electron chi connectivity index (χ1n) is 6.40. The van der Waals surface area contributed by atoms with Gasteiger partial charge in [-0.05, 0) is 29.3 Å². The Morgan fingerprint density at radius 2 is 1.86 bits per heavy atom. The molecule has 0 unspecified atom stereocenters. The predicted molar refractivity (Wildman–Crippen MR) is 82.2 cm³/mol. The van der Waals surface area contributed by atoms with E-state index in [-0.39, 0.29) is 13.2 Å². The number of carbonyl (C=O) groups is 1. The molecule has 0 saturated heterocycles. The lowest BCUT2D eigenvalue weighted by molar-refractivity contribution is -0.142. The molecule has 110 valence electrons. The fraction of sp³-hybridized carbons (Fsp3) is 0.188. The third-order valence-corrected chi connectivity index (χ3v) is 3.52. The summed E-state index contributed by atoms with van der Waals surface area (Å²) in [6.07, 6.45) is 0. The molecule has 2 aromatic carbocycles. The maximum atomic E-state index is 10.4. The average molecular weight is 351 g/mol. The van der Waals surface area contributed by atoms with Gasteiger partial charge < -0.3 is 14.6 Å². The normalized spacial score (nSPS) is 10.3. The van der Waals surface area contributed by atoms with Gasteiger partial charge in [-0.25, -0.2) is 4.79 Å². The number of aliphatic carboxylic acids is 1. The largest absolute Gasteiger partial charge is 0.489 e. The van der Waals surface area contributed by atoms with Gasteiger partial charge in [0.2, 0.25) is 0 Å². The molecule has 0 fully saturated rings. The van der Waals surface area contributed by atoms with E-state index in [9.17, 15) is 4.79 Å². The molecule has 0 atom stereocenters. The average Bonchev–Trinajstić information content (AvgIpc) is 2.48. The van der Waals surface area contributed by atoms with Crippen LogP contribution in [0.3, 0.4) is 0 Å². The number of hydrogen-bond acceptors (Lipinski definition) is 3.